The molecule has 0 saturated carbocycles. The molecule has 1 aromatic carbocycles. The molecule has 3 atom stereocenters. The summed E-state index contributed by atoms with van der Waals surface area (Å²) in [5.41, 5.74) is 9.10. The fourth-order valence-electron chi connectivity index (χ4n) is 4.29. The van der Waals surface area contributed by atoms with Crippen molar-refractivity contribution in [3.8, 4) is 5.75 Å². The van der Waals surface area contributed by atoms with Gasteiger partial charge in [0.25, 0.3) is 5.91 Å². The smallest absolute Gasteiger partial charge is 0.413 e. The van der Waals surface area contributed by atoms with Crippen LogP contribution in [0.4, 0.5) is 5.13 Å². The van der Waals surface area contributed by atoms with Crippen LogP contribution in [0.2, 0.25) is 0 Å². The predicted molar refractivity (Wildman–Crippen MR) is 156 cm³/mol. The third-order valence-corrected chi connectivity index (χ3v) is 7.23. The van der Waals surface area contributed by atoms with Gasteiger partial charge in [0.1, 0.15) is 23.9 Å². The van der Waals surface area contributed by atoms with E-state index in [1.807, 2.05) is 7.05 Å². The minimum Gasteiger partial charge on any atom is -0.490 e. The van der Waals surface area contributed by atoms with E-state index < -0.39 is 39.7 Å². The molecule has 1 aromatic heterocycles. The number of amidine groups is 1. The molecule has 2 aromatic rings. The van der Waals surface area contributed by atoms with Crippen LogP contribution in [-0.4, -0.2) is 95.7 Å². The zero-order valence-corrected chi connectivity index (χ0v) is 25.4. The summed E-state index contributed by atoms with van der Waals surface area (Å²) >= 11 is 1.08. The fourth-order valence-corrected chi connectivity index (χ4v) is 5.37. The van der Waals surface area contributed by atoms with Crippen molar-refractivity contribution in [3.05, 3.63) is 40.9 Å². The maximum Gasteiger partial charge on any atom is 0.413 e. The summed E-state index contributed by atoms with van der Waals surface area (Å²) in [6, 6.07) is 5.98. The van der Waals surface area contributed by atoms with Crippen LogP contribution in [0, 0.1) is 0 Å². The second-order valence-corrected chi connectivity index (χ2v) is 12.0. The van der Waals surface area contributed by atoms with Gasteiger partial charge < -0.3 is 36.8 Å². The number of anilines is 1. The van der Waals surface area contributed by atoms with E-state index in [0.29, 0.717) is 29.7 Å². The number of carbonyl (C=O) groups excluding carboxylic acids is 1. The van der Waals surface area contributed by atoms with Gasteiger partial charge in [-0.3, -0.25) is 14.3 Å². The van der Waals surface area contributed by atoms with E-state index in [1.54, 1.807) is 31.2 Å². The number of oxime groups is 1. The molecule has 2 heterocycles. The van der Waals surface area contributed by atoms with E-state index in [4.69, 9.17) is 25.6 Å². The molecule has 0 spiro atoms. The van der Waals surface area contributed by atoms with Crippen molar-refractivity contribution >= 4 is 44.3 Å². The number of amides is 1. The molecule has 1 aliphatic rings. The van der Waals surface area contributed by atoms with Crippen LogP contribution in [0.15, 0.2) is 39.8 Å². The number of nitrogen functional groups attached to an aromatic ring is 1. The number of aromatic nitrogens is 1. The number of aliphatic hydroxyl groups is 1. The van der Waals surface area contributed by atoms with Crippen molar-refractivity contribution in [2.75, 3.05) is 32.5 Å². The maximum absolute atomic E-state index is 13.3. The molecule has 0 aliphatic carbocycles. The van der Waals surface area contributed by atoms with Gasteiger partial charge in [-0.15, -0.1) is 16.4 Å². The Morgan fingerprint density at radius 3 is 2.50 bits per heavy atom. The molecular formula is C24H36N8O8S2. The molecular weight excluding hydrogens is 592 g/mol. The lowest BCUT2D eigenvalue weighted by atomic mass is 9.76. The van der Waals surface area contributed by atoms with Gasteiger partial charge in [-0.2, -0.15) is 12.7 Å². The van der Waals surface area contributed by atoms with E-state index in [2.05, 4.69) is 30.0 Å². The molecule has 1 fully saturated rings. The van der Waals surface area contributed by atoms with Crippen LogP contribution in [-0.2, 0) is 24.3 Å². The zero-order chi connectivity index (χ0) is 31.3. The van der Waals surface area contributed by atoms with Crippen molar-refractivity contribution in [3.63, 3.8) is 0 Å². The summed E-state index contributed by atoms with van der Waals surface area (Å²) in [6.07, 6.45) is -0.612. The topological polar surface area (TPSA) is 236 Å². The van der Waals surface area contributed by atoms with Gasteiger partial charge in [0.05, 0.1) is 18.1 Å². The summed E-state index contributed by atoms with van der Waals surface area (Å²) in [7, 11) is -3.09. The normalized spacial score (nSPS) is 21.8. The largest absolute Gasteiger partial charge is 0.490 e. The standard InChI is InChI=1S/C24H36N8O8S2/c1-14(12-38-16-8-6-15(7-9-16)19(25)28-11-10-27-5)39-31-18(17-13-41-22(26)29-17)20(33)30-21-23(2,3)32(24(21,4)34)40-42(35,36)37/h6-9,13-14,21,27,34H,10-12H2,1-5H3,(H2,25,28)(H2,26,29)(H,30,33)(H,35,36,37). The first-order chi connectivity index (χ1) is 19.6. The van der Waals surface area contributed by atoms with Crippen LogP contribution >= 0.6 is 11.3 Å². The second kappa shape index (κ2) is 13.3. The number of nitrogens with two attached hydrogens (primary N) is 2. The number of thiazole rings is 1. The number of benzene rings is 1. The fraction of sp³-hybridized carbons (Fsp3) is 0.500. The van der Waals surface area contributed by atoms with E-state index >= 15 is 0 Å². The maximum atomic E-state index is 13.3. The number of carbonyl (C=O) groups is 1. The first-order valence-corrected chi connectivity index (χ1v) is 14.9. The molecule has 0 bridgehead atoms. The Hall–Kier alpha value is -3.39. The molecule has 1 aliphatic heterocycles. The second-order valence-electron chi connectivity index (χ2n) is 10.1. The van der Waals surface area contributed by atoms with Crippen LogP contribution in [0.5, 0.6) is 5.75 Å². The lowest BCUT2D eigenvalue weighted by molar-refractivity contribution is -0.373. The number of ether oxygens (including phenoxy) is 1. The van der Waals surface area contributed by atoms with Crippen molar-refractivity contribution in [1.82, 2.24) is 20.7 Å². The number of hydrogen-bond acceptors (Lipinski definition) is 14. The van der Waals surface area contributed by atoms with Crippen LogP contribution in [0.25, 0.3) is 0 Å². The molecule has 0 radical (unpaired) electrons. The number of hydroxylamine groups is 2. The van der Waals surface area contributed by atoms with E-state index in [1.165, 1.54) is 26.2 Å². The average molecular weight is 629 g/mol. The van der Waals surface area contributed by atoms with E-state index in [9.17, 15) is 18.3 Å². The van der Waals surface area contributed by atoms with Crippen molar-refractivity contribution in [1.29, 1.82) is 0 Å². The molecule has 16 nitrogen and oxygen atoms in total. The van der Waals surface area contributed by atoms with Gasteiger partial charge in [-0.1, -0.05) is 5.16 Å². The summed E-state index contributed by atoms with van der Waals surface area (Å²) in [5.74, 6) is 0.183. The van der Waals surface area contributed by atoms with Gasteiger partial charge in [0.15, 0.2) is 22.7 Å². The Kier molecular flexibility index (Phi) is 10.5. The van der Waals surface area contributed by atoms with Crippen LogP contribution in [0.1, 0.15) is 39.0 Å². The molecule has 18 heteroatoms. The Labute approximate surface area is 247 Å². The lowest BCUT2D eigenvalue weighted by Gasteiger charge is -2.62. The summed E-state index contributed by atoms with van der Waals surface area (Å²) in [4.78, 5) is 27.2. The summed E-state index contributed by atoms with van der Waals surface area (Å²) in [6.45, 7) is 7.22. The van der Waals surface area contributed by atoms with Gasteiger partial charge in [0.2, 0.25) is 0 Å². The summed E-state index contributed by atoms with van der Waals surface area (Å²) < 4.78 is 41.8. The minimum absolute atomic E-state index is 0.0784. The predicted octanol–water partition coefficient (Wildman–Crippen LogP) is -0.140. The van der Waals surface area contributed by atoms with Gasteiger partial charge in [-0.05, 0) is 59.0 Å². The lowest BCUT2D eigenvalue weighted by Crippen LogP contribution is -2.85. The Morgan fingerprint density at radius 1 is 1.29 bits per heavy atom. The molecule has 42 heavy (non-hydrogen) atoms. The third-order valence-electron chi connectivity index (χ3n) is 6.21. The molecule has 1 amide bonds. The van der Waals surface area contributed by atoms with E-state index in [-0.39, 0.29) is 23.1 Å². The number of hydrogen-bond donors (Lipinski definition) is 6. The van der Waals surface area contributed by atoms with Gasteiger partial charge >= 0.3 is 10.4 Å². The van der Waals surface area contributed by atoms with Gasteiger partial charge in [0, 0.05) is 17.5 Å². The Balaban J connectivity index is 1.67. The quantitative estimate of drug-likeness (QED) is 0.0526. The number of nitrogens with one attached hydrogen (secondary N) is 2. The third kappa shape index (κ3) is 8.12. The molecule has 1 saturated heterocycles. The minimum atomic E-state index is -4.93. The monoisotopic (exact) mass is 628 g/mol. The highest BCUT2D eigenvalue weighted by molar-refractivity contribution is 7.80. The number of nitrogens with zero attached hydrogens (tertiary/aromatic N) is 4. The van der Waals surface area contributed by atoms with Crippen LogP contribution < -0.4 is 26.8 Å². The van der Waals surface area contributed by atoms with Crippen LogP contribution in [0.3, 0.4) is 0 Å². The Morgan fingerprint density at radius 2 is 1.95 bits per heavy atom. The number of likely N-dealkylation sites (N-methyl/N-ethyl adjacent to an activating group) is 1. The SMILES string of the molecule is CNCCN=C(N)c1ccc(OCC(C)ON=C(C(=O)NC2C(C)(C)N(OS(=O)(=O)O)C2(C)O)c2csc(N)n2)cc1. The van der Waals surface area contributed by atoms with Crippen molar-refractivity contribution in [2.24, 2.45) is 15.9 Å². The van der Waals surface area contributed by atoms with E-state index in [0.717, 1.165) is 16.9 Å². The average Bonchev–Trinajstić information content (AvgIpc) is 3.34. The van der Waals surface area contributed by atoms with Crippen molar-refractivity contribution < 1.29 is 36.7 Å². The highest BCUT2D eigenvalue weighted by Crippen LogP contribution is 2.44. The van der Waals surface area contributed by atoms with Gasteiger partial charge in [-0.25, -0.2) is 4.98 Å². The molecule has 8 N–H and O–H groups in total. The highest BCUT2D eigenvalue weighted by Gasteiger charge is 2.65. The Bertz CT molecular complexity index is 1390. The van der Waals surface area contributed by atoms with Crippen molar-refractivity contribution in [2.45, 2.75) is 51.1 Å². The first kappa shape index (κ1) is 33.1. The zero-order valence-electron chi connectivity index (χ0n) is 23.8. The molecule has 3 unspecified atom stereocenters. The molecule has 3 rings (SSSR count). The number of rotatable bonds is 14. The first-order valence-electron chi connectivity index (χ1n) is 12.7. The molecule has 232 valence electrons. The summed E-state index contributed by atoms with van der Waals surface area (Å²) in [5, 5.41) is 22.7. The number of aliphatic imine (C=N–C) groups is 1. The highest BCUT2D eigenvalue weighted by atomic mass is 32.3.